The Hall–Kier alpha value is -1.78. The smallest absolute Gasteiger partial charge is 0.244 e. The average Bonchev–Trinajstić information content (AvgIpc) is 2.48. The molecule has 0 aliphatic rings. The predicted molar refractivity (Wildman–Crippen MR) is 77.1 cm³/mol. The van der Waals surface area contributed by atoms with Crippen molar-refractivity contribution in [1.29, 1.82) is 0 Å². The fraction of sp³-hybridized carbons (Fsp3) is 0.133. The van der Waals surface area contributed by atoms with Crippen molar-refractivity contribution in [1.82, 2.24) is 5.48 Å². The summed E-state index contributed by atoms with van der Waals surface area (Å²) in [6.07, 6.45) is 0.307. The molecule has 0 radical (unpaired) electrons. The van der Waals surface area contributed by atoms with E-state index in [1.165, 1.54) is 11.1 Å². The van der Waals surface area contributed by atoms with Gasteiger partial charge in [0.15, 0.2) is 0 Å². The van der Waals surface area contributed by atoms with E-state index < -0.39 is 0 Å². The van der Waals surface area contributed by atoms with Crippen molar-refractivity contribution in [2.24, 2.45) is 0 Å². The van der Waals surface area contributed by atoms with Gasteiger partial charge in [-0.2, -0.15) is 0 Å². The average molecular weight is 273 g/mol. The molecule has 2 aromatic rings. The number of thioether (sulfide) groups is 1. The molecule has 0 aromatic heterocycles. The lowest BCUT2D eigenvalue weighted by Gasteiger charge is -2.04. The van der Waals surface area contributed by atoms with E-state index in [2.05, 4.69) is 24.3 Å². The van der Waals surface area contributed by atoms with Crippen molar-refractivity contribution in [2.75, 3.05) is 5.75 Å². The zero-order valence-electron chi connectivity index (χ0n) is 10.4. The molecular weight excluding hydrogens is 258 g/mol. The van der Waals surface area contributed by atoms with Crippen molar-refractivity contribution in [3.63, 3.8) is 0 Å². The van der Waals surface area contributed by atoms with Crippen molar-refractivity contribution >= 4 is 17.7 Å². The summed E-state index contributed by atoms with van der Waals surface area (Å²) in [5.74, 6) is 0.297. The first kappa shape index (κ1) is 13.6. The Balaban J connectivity index is 1.94. The van der Waals surface area contributed by atoms with Crippen LogP contribution in [0, 0.1) is 0 Å². The fourth-order valence-corrected chi connectivity index (χ4v) is 2.54. The van der Waals surface area contributed by atoms with E-state index in [4.69, 9.17) is 5.21 Å². The second-order valence-corrected chi connectivity index (χ2v) is 5.19. The quantitative estimate of drug-likeness (QED) is 0.499. The zero-order chi connectivity index (χ0) is 13.5. The van der Waals surface area contributed by atoms with E-state index in [9.17, 15) is 4.79 Å². The summed E-state index contributed by atoms with van der Waals surface area (Å²) >= 11 is 1.60. The van der Waals surface area contributed by atoms with Crippen LogP contribution in [0.5, 0.6) is 0 Å². The summed E-state index contributed by atoms with van der Waals surface area (Å²) < 4.78 is 0. The van der Waals surface area contributed by atoms with Crippen molar-refractivity contribution in [3.8, 4) is 11.1 Å². The van der Waals surface area contributed by atoms with Gasteiger partial charge in [-0.1, -0.05) is 42.5 Å². The Kier molecular flexibility index (Phi) is 5.01. The number of benzene rings is 2. The van der Waals surface area contributed by atoms with Gasteiger partial charge in [0.2, 0.25) is 5.91 Å². The third-order valence-electron chi connectivity index (χ3n) is 2.68. The largest absolute Gasteiger partial charge is 0.289 e. The molecule has 0 spiro atoms. The van der Waals surface area contributed by atoms with Crippen LogP contribution in [0.1, 0.15) is 6.42 Å². The molecule has 0 fully saturated rings. The second-order valence-electron chi connectivity index (χ2n) is 4.02. The molecule has 2 aromatic carbocycles. The highest BCUT2D eigenvalue weighted by Gasteiger charge is 2.01. The van der Waals surface area contributed by atoms with Gasteiger partial charge in [0.25, 0.3) is 0 Å². The molecule has 0 saturated heterocycles. The lowest BCUT2D eigenvalue weighted by atomic mass is 10.1. The normalized spacial score (nSPS) is 10.2. The van der Waals surface area contributed by atoms with Crippen LogP contribution in [-0.4, -0.2) is 16.9 Å². The lowest BCUT2D eigenvalue weighted by Crippen LogP contribution is -2.18. The molecule has 0 saturated carbocycles. The van der Waals surface area contributed by atoms with Crippen LogP contribution >= 0.6 is 11.8 Å². The number of hydrogen-bond donors (Lipinski definition) is 2. The van der Waals surface area contributed by atoms with Crippen LogP contribution in [0.3, 0.4) is 0 Å². The van der Waals surface area contributed by atoms with Crippen molar-refractivity contribution in [2.45, 2.75) is 11.3 Å². The minimum Gasteiger partial charge on any atom is -0.289 e. The Morgan fingerprint density at radius 2 is 1.63 bits per heavy atom. The molecular formula is C15H15NO2S. The molecule has 0 aliphatic heterocycles. The molecule has 0 heterocycles. The van der Waals surface area contributed by atoms with E-state index in [-0.39, 0.29) is 5.91 Å². The van der Waals surface area contributed by atoms with Gasteiger partial charge in [-0.15, -0.1) is 11.8 Å². The highest BCUT2D eigenvalue weighted by Crippen LogP contribution is 2.24. The predicted octanol–water partition coefficient (Wildman–Crippen LogP) is 3.34. The van der Waals surface area contributed by atoms with Crippen molar-refractivity contribution < 1.29 is 10.0 Å². The zero-order valence-corrected chi connectivity index (χ0v) is 11.2. The molecule has 2 N–H and O–H groups in total. The second kappa shape index (κ2) is 6.97. The van der Waals surface area contributed by atoms with Gasteiger partial charge in [-0.25, -0.2) is 5.48 Å². The van der Waals surface area contributed by atoms with Crippen LogP contribution in [0.2, 0.25) is 0 Å². The van der Waals surface area contributed by atoms with E-state index in [0.717, 1.165) is 4.90 Å². The van der Waals surface area contributed by atoms with Gasteiger partial charge in [0.05, 0.1) is 0 Å². The number of rotatable bonds is 5. The maximum Gasteiger partial charge on any atom is 0.244 e. The number of hydrogen-bond acceptors (Lipinski definition) is 3. The number of carbonyl (C=O) groups excluding carboxylic acids is 1. The summed E-state index contributed by atoms with van der Waals surface area (Å²) in [4.78, 5) is 12.0. The third kappa shape index (κ3) is 4.12. The van der Waals surface area contributed by atoms with Gasteiger partial charge in [0.1, 0.15) is 0 Å². The topological polar surface area (TPSA) is 49.3 Å². The Labute approximate surface area is 116 Å². The molecule has 19 heavy (non-hydrogen) atoms. The Bertz CT molecular complexity index is 526. The summed E-state index contributed by atoms with van der Waals surface area (Å²) in [6, 6.07) is 18.4. The summed E-state index contributed by atoms with van der Waals surface area (Å²) in [5.41, 5.74) is 4.00. The van der Waals surface area contributed by atoms with Gasteiger partial charge in [-0.05, 0) is 23.3 Å². The summed E-state index contributed by atoms with van der Waals surface area (Å²) in [6.45, 7) is 0. The monoisotopic (exact) mass is 273 g/mol. The van der Waals surface area contributed by atoms with Crippen LogP contribution in [0.25, 0.3) is 11.1 Å². The van der Waals surface area contributed by atoms with Crippen LogP contribution in [0.4, 0.5) is 0 Å². The lowest BCUT2D eigenvalue weighted by molar-refractivity contribution is -0.128. The van der Waals surface area contributed by atoms with Gasteiger partial charge >= 0.3 is 0 Å². The SMILES string of the molecule is O=C(CCSc1ccc(-c2ccccc2)cc1)NO. The molecule has 4 heteroatoms. The van der Waals surface area contributed by atoms with Gasteiger partial charge in [-0.3, -0.25) is 10.0 Å². The molecule has 1 amide bonds. The highest BCUT2D eigenvalue weighted by molar-refractivity contribution is 7.99. The molecule has 0 bridgehead atoms. The minimum atomic E-state index is -0.353. The fourth-order valence-electron chi connectivity index (χ4n) is 1.69. The summed E-state index contributed by atoms with van der Waals surface area (Å²) in [5, 5.41) is 8.39. The maximum absolute atomic E-state index is 10.9. The molecule has 0 aliphatic carbocycles. The molecule has 0 atom stereocenters. The molecule has 0 unspecified atom stereocenters. The van der Waals surface area contributed by atoms with Crippen LogP contribution in [0.15, 0.2) is 59.5 Å². The first-order valence-corrected chi connectivity index (χ1v) is 6.99. The van der Waals surface area contributed by atoms with Gasteiger partial charge in [0, 0.05) is 17.1 Å². The minimum absolute atomic E-state index is 0.307. The number of amides is 1. The number of nitrogens with one attached hydrogen (secondary N) is 1. The third-order valence-corrected chi connectivity index (χ3v) is 3.70. The highest BCUT2D eigenvalue weighted by atomic mass is 32.2. The first-order chi connectivity index (χ1) is 9.29. The van der Waals surface area contributed by atoms with E-state index in [1.807, 2.05) is 30.3 Å². The van der Waals surface area contributed by atoms with E-state index >= 15 is 0 Å². The van der Waals surface area contributed by atoms with Crippen molar-refractivity contribution in [3.05, 3.63) is 54.6 Å². The Morgan fingerprint density at radius 3 is 2.26 bits per heavy atom. The first-order valence-electron chi connectivity index (χ1n) is 6.01. The van der Waals surface area contributed by atoms with Crippen LogP contribution < -0.4 is 5.48 Å². The molecule has 98 valence electrons. The van der Waals surface area contributed by atoms with Crippen LogP contribution in [-0.2, 0) is 4.79 Å². The van der Waals surface area contributed by atoms with E-state index in [1.54, 1.807) is 17.2 Å². The number of hydroxylamine groups is 1. The Morgan fingerprint density at radius 1 is 1.00 bits per heavy atom. The van der Waals surface area contributed by atoms with Gasteiger partial charge < -0.3 is 0 Å². The summed E-state index contributed by atoms with van der Waals surface area (Å²) in [7, 11) is 0. The molecule has 2 rings (SSSR count). The number of carbonyl (C=O) groups is 1. The maximum atomic E-state index is 10.9. The standard InChI is InChI=1S/C15H15NO2S/c17-15(16-18)10-11-19-14-8-6-13(7-9-14)12-4-2-1-3-5-12/h1-9,18H,10-11H2,(H,16,17). The molecule has 3 nitrogen and oxygen atoms in total. The van der Waals surface area contributed by atoms with E-state index in [0.29, 0.717) is 12.2 Å².